The van der Waals surface area contributed by atoms with Gasteiger partial charge in [-0.05, 0) is 11.6 Å². The number of carbonyl (C=O) groups excluding carboxylic acids is 2. The lowest BCUT2D eigenvalue weighted by Crippen LogP contribution is -2.44. The first-order valence-electron chi connectivity index (χ1n) is 7.02. The molecule has 3 rings (SSSR count). The van der Waals surface area contributed by atoms with E-state index in [-0.39, 0.29) is 11.8 Å². The summed E-state index contributed by atoms with van der Waals surface area (Å²) < 4.78 is 0. The number of H-pyrrole nitrogens is 1. The summed E-state index contributed by atoms with van der Waals surface area (Å²) in [5.74, 6) is -0.579. The van der Waals surface area contributed by atoms with Crippen LogP contribution in [0, 0.1) is 0 Å². The maximum atomic E-state index is 12.4. The number of para-hydroxylation sites is 1. The van der Waals surface area contributed by atoms with Gasteiger partial charge in [-0.2, -0.15) is 0 Å². The number of rotatable bonds is 5. The number of nitrogens with zero attached hydrogens (tertiary/aromatic N) is 2. The first-order chi connectivity index (χ1) is 11.1. The molecule has 0 saturated heterocycles. The number of hydrogen-bond donors (Lipinski definition) is 3. The second-order valence-electron chi connectivity index (χ2n) is 5.05. The molecular weight excluding hydrogens is 314 g/mol. The number of amides is 2. The SMILES string of the molecule is CC(=O)N[C@@H](Cc1c[nH]c2ccccc12)C(=O)Nc1nncs1. The minimum absolute atomic E-state index is 0.262. The molecule has 0 fully saturated rings. The maximum Gasteiger partial charge on any atom is 0.249 e. The molecule has 3 aromatic rings. The van der Waals surface area contributed by atoms with Crippen molar-refractivity contribution in [1.29, 1.82) is 0 Å². The molecule has 1 atom stereocenters. The van der Waals surface area contributed by atoms with Gasteiger partial charge in [-0.3, -0.25) is 14.9 Å². The third-order valence-corrected chi connectivity index (χ3v) is 3.99. The lowest BCUT2D eigenvalue weighted by molar-refractivity contribution is -0.125. The molecule has 3 N–H and O–H groups in total. The third-order valence-electron chi connectivity index (χ3n) is 3.38. The predicted octanol–water partition coefficient (Wildman–Crippen LogP) is 1.71. The molecule has 23 heavy (non-hydrogen) atoms. The van der Waals surface area contributed by atoms with Gasteiger partial charge < -0.3 is 10.3 Å². The van der Waals surface area contributed by atoms with Crippen LogP contribution >= 0.6 is 11.3 Å². The Kier molecular flexibility index (Phi) is 4.33. The highest BCUT2D eigenvalue weighted by Gasteiger charge is 2.22. The van der Waals surface area contributed by atoms with Crippen LogP contribution in [0.1, 0.15) is 12.5 Å². The topological polar surface area (TPSA) is 99.8 Å². The first-order valence-corrected chi connectivity index (χ1v) is 7.90. The number of aromatic amines is 1. The summed E-state index contributed by atoms with van der Waals surface area (Å²) in [6.07, 6.45) is 2.24. The molecule has 0 unspecified atom stereocenters. The highest BCUT2D eigenvalue weighted by molar-refractivity contribution is 7.13. The van der Waals surface area contributed by atoms with Crippen LogP contribution in [0.2, 0.25) is 0 Å². The smallest absolute Gasteiger partial charge is 0.249 e. The van der Waals surface area contributed by atoms with Gasteiger partial charge in [-0.15, -0.1) is 10.2 Å². The molecular formula is C15H15N5O2S. The van der Waals surface area contributed by atoms with Gasteiger partial charge in [0.25, 0.3) is 0 Å². The Labute approximate surface area is 136 Å². The largest absolute Gasteiger partial charge is 0.361 e. The molecule has 0 radical (unpaired) electrons. The van der Waals surface area contributed by atoms with Crippen molar-refractivity contribution in [2.24, 2.45) is 0 Å². The fraction of sp³-hybridized carbons (Fsp3) is 0.200. The van der Waals surface area contributed by atoms with Crippen LogP contribution in [-0.4, -0.2) is 33.0 Å². The van der Waals surface area contributed by atoms with Crippen LogP contribution in [0.3, 0.4) is 0 Å². The van der Waals surface area contributed by atoms with Gasteiger partial charge in [0, 0.05) is 30.4 Å². The molecule has 118 valence electrons. The molecule has 0 aliphatic heterocycles. The van der Waals surface area contributed by atoms with Gasteiger partial charge in [-0.25, -0.2) is 0 Å². The van der Waals surface area contributed by atoms with Gasteiger partial charge in [0.2, 0.25) is 16.9 Å². The van der Waals surface area contributed by atoms with E-state index in [4.69, 9.17) is 0 Å². The Hall–Kier alpha value is -2.74. The Morgan fingerprint density at radius 3 is 2.91 bits per heavy atom. The standard InChI is InChI=1S/C15H15N5O2S/c1-9(21)18-13(14(22)19-15-20-17-8-23-15)6-10-7-16-12-5-3-2-4-11(10)12/h2-5,7-8,13,16H,6H2,1H3,(H,18,21)(H,19,20,22)/t13-/m0/s1. The number of carbonyl (C=O) groups is 2. The zero-order chi connectivity index (χ0) is 16.2. The number of benzene rings is 1. The number of fused-ring (bicyclic) bond motifs is 1. The second-order valence-corrected chi connectivity index (χ2v) is 5.88. The molecule has 2 aromatic heterocycles. The third kappa shape index (κ3) is 3.54. The zero-order valence-corrected chi connectivity index (χ0v) is 13.2. The van der Waals surface area contributed by atoms with E-state index in [1.165, 1.54) is 23.8 Å². The summed E-state index contributed by atoms with van der Waals surface area (Å²) in [5.41, 5.74) is 3.49. The summed E-state index contributed by atoms with van der Waals surface area (Å²) in [6, 6.07) is 7.14. The van der Waals surface area contributed by atoms with Crippen molar-refractivity contribution in [3.05, 3.63) is 41.5 Å². The van der Waals surface area contributed by atoms with Crippen molar-refractivity contribution < 1.29 is 9.59 Å². The normalized spacial score (nSPS) is 12.0. The molecule has 0 saturated carbocycles. The van der Waals surface area contributed by atoms with Crippen molar-refractivity contribution >= 4 is 39.2 Å². The van der Waals surface area contributed by atoms with Crippen LogP contribution in [0.25, 0.3) is 10.9 Å². The Morgan fingerprint density at radius 1 is 1.35 bits per heavy atom. The van der Waals surface area contributed by atoms with E-state index >= 15 is 0 Å². The van der Waals surface area contributed by atoms with E-state index in [9.17, 15) is 9.59 Å². The van der Waals surface area contributed by atoms with Crippen molar-refractivity contribution in [3.63, 3.8) is 0 Å². The first kappa shape index (κ1) is 15.2. The van der Waals surface area contributed by atoms with E-state index in [1.54, 1.807) is 0 Å². The minimum atomic E-state index is -0.685. The highest BCUT2D eigenvalue weighted by atomic mass is 32.1. The van der Waals surface area contributed by atoms with E-state index < -0.39 is 6.04 Å². The van der Waals surface area contributed by atoms with Crippen molar-refractivity contribution in [2.75, 3.05) is 5.32 Å². The molecule has 2 heterocycles. The van der Waals surface area contributed by atoms with Gasteiger partial charge in [0.15, 0.2) is 0 Å². The van der Waals surface area contributed by atoms with Crippen molar-refractivity contribution in [3.8, 4) is 0 Å². The summed E-state index contributed by atoms with van der Waals surface area (Å²) >= 11 is 1.23. The second kappa shape index (κ2) is 6.57. The fourth-order valence-electron chi connectivity index (χ4n) is 2.40. The van der Waals surface area contributed by atoms with Crippen LogP contribution in [0.4, 0.5) is 5.13 Å². The maximum absolute atomic E-state index is 12.4. The van der Waals surface area contributed by atoms with E-state index in [0.29, 0.717) is 11.6 Å². The lowest BCUT2D eigenvalue weighted by Gasteiger charge is -2.16. The number of hydrogen-bond acceptors (Lipinski definition) is 5. The Morgan fingerprint density at radius 2 is 2.17 bits per heavy atom. The molecule has 1 aromatic carbocycles. The fourth-order valence-corrected chi connectivity index (χ4v) is 2.84. The average Bonchev–Trinajstić information content (AvgIpc) is 3.16. The Balaban J connectivity index is 1.81. The summed E-state index contributed by atoms with van der Waals surface area (Å²) in [7, 11) is 0. The van der Waals surface area contributed by atoms with Gasteiger partial charge in [0.1, 0.15) is 11.6 Å². The van der Waals surface area contributed by atoms with Crippen LogP contribution in [0.5, 0.6) is 0 Å². The molecule has 0 spiro atoms. The molecule has 0 aliphatic carbocycles. The van der Waals surface area contributed by atoms with Crippen molar-refractivity contribution in [1.82, 2.24) is 20.5 Å². The highest BCUT2D eigenvalue weighted by Crippen LogP contribution is 2.19. The quantitative estimate of drug-likeness (QED) is 0.663. The van der Waals surface area contributed by atoms with Crippen LogP contribution in [0.15, 0.2) is 36.0 Å². The molecule has 2 amide bonds. The van der Waals surface area contributed by atoms with Gasteiger partial charge in [0.05, 0.1) is 0 Å². The number of nitrogens with one attached hydrogen (secondary N) is 3. The predicted molar refractivity (Wildman–Crippen MR) is 88.1 cm³/mol. The monoisotopic (exact) mass is 329 g/mol. The molecule has 0 bridgehead atoms. The summed E-state index contributed by atoms with van der Waals surface area (Å²) in [6.45, 7) is 1.39. The summed E-state index contributed by atoms with van der Waals surface area (Å²) in [5, 5.41) is 14.3. The van der Waals surface area contributed by atoms with Gasteiger partial charge in [-0.1, -0.05) is 29.5 Å². The Bertz CT molecular complexity index is 827. The minimum Gasteiger partial charge on any atom is -0.361 e. The van der Waals surface area contributed by atoms with E-state index in [1.807, 2.05) is 30.5 Å². The van der Waals surface area contributed by atoms with Crippen molar-refractivity contribution in [2.45, 2.75) is 19.4 Å². The molecule has 0 aliphatic rings. The average molecular weight is 329 g/mol. The van der Waals surface area contributed by atoms with E-state index in [0.717, 1.165) is 16.5 Å². The lowest BCUT2D eigenvalue weighted by atomic mass is 10.0. The zero-order valence-electron chi connectivity index (χ0n) is 12.4. The number of aromatic nitrogens is 3. The summed E-state index contributed by atoms with van der Waals surface area (Å²) in [4.78, 5) is 27.0. The molecule has 7 nitrogen and oxygen atoms in total. The van der Waals surface area contributed by atoms with Crippen LogP contribution in [-0.2, 0) is 16.0 Å². The van der Waals surface area contributed by atoms with E-state index in [2.05, 4.69) is 25.8 Å². The number of anilines is 1. The van der Waals surface area contributed by atoms with Crippen LogP contribution < -0.4 is 10.6 Å². The van der Waals surface area contributed by atoms with Gasteiger partial charge >= 0.3 is 0 Å². The molecule has 8 heteroatoms.